The van der Waals surface area contributed by atoms with Crippen LogP contribution in [0.5, 0.6) is 0 Å². The Balaban J connectivity index is 1.44. The van der Waals surface area contributed by atoms with Crippen LogP contribution in [0.4, 0.5) is 4.79 Å². The number of alkyl carbamates (subject to hydrolysis) is 1. The van der Waals surface area contributed by atoms with Gasteiger partial charge in [0.15, 0.2) is 0 Å². The molecule has 7 heteroatoms. The van der Waals surface area contributed by atoms with Crippen LogP contribution in [0.15, 0.2) is 48.5 Å². The number of fused-ring (bicyclic) bond motifs is 3. The van der Waals surface area contributed by atoms with E-state index in [1.54, 1.807) is 0 Å². The average molecular weight is 465 g/mol. The van der Waals surface area contributed by atoms with Crippen molar-refractivity contribution in [1.82, 2.24) is 10.2 Å². The first kappa shape index (κ1) is 23.8. The lowest BCUT2D eigenvalue weighted by Gasteiger charge is -2.31. The number of amides is 2. The number of likely N-dealkylation sites (tertiary alicyclic amines) is 1. The molecule has 0 spiro atoms. The van der Waals surface area contributed by atoms with Gasteiger partial charge in [-0.2, -0.15) is 0 Å². The number of carbonyl (C=O) groups excluding carboxylic acids is 2. The van der Waals surface area contributed by atoms with Gasteiger partial charge >= 0.3 is 12.1 Å². The van der Waals surface area contributed by atoms with Gasteiger partial charge in [-0.3, -0.25) is 4.79 Å². The van der Waals surface area contributed by atoms with E-state index in [-0.39, 0.29) is 18.4 Å². The van der Waals surface area contributed by atoms with Crippen molar-refractivity contribution in [1.29, 1.82) is 0 Å². The molecule has 1 unspecified atom stereocenters. The molecule has 0 aromatic heterocycles. The quantitative estimate of drug-likeness (QED) is 0.627. The first-order valence-corrected chi connectivity index (χ1v) is 12.2. The van der Waals surface area contributed by atoms with Gasteiger partial charge in [-0.15, -0.1) is 0 Å². The summed E-state index contributed by atoms with van der Waals surface area (Å²) < 4.78 is 5.62. The van der Waals surface area contributed by atoms with Crippen LogP contribution in [0, 0.1) is 0 Å². The van der Waals surface area contributed by atoms with E-state index in [9.17, 15) is 19.5 Å². The molecule has 0 bridgehead atoms. The molecule has 2 aromatic rings. The van der Waals surface area contributed by atoms with E-state index in [4.69, 9.17) is 4.74 Å². The fourth-order valence-corrected chi connectivity index (χ4v) is 5.16. The highest BCUT2D eigenvalue weighted by molar-refractivity contribution is 5.89. The second kappa shape index (κ2) is 10.7. The molecule has 2 aromatic carbocycles. The standard InChI is InChI=1S/C27H32N2O5/c1-2-10-23(25(30)29-16-9-3-4-15-24(29)26(31)32)28-27(33)34-17-22-20-13-7-5-11-18(20)19-12-6-8-14-21(19)22/h5-8,11-14,22-24H,2-4,9-10,15-17H2,1H3,(H,28,33)(H,31,32)/t23-,24?/m1/s1. The minimum absolute atomic E-state index is 0.0690. The Kier molecular flexibility index (Phi) is 7.50. The van der Waals surface area contributed by atoms with E-state index in [0.29, 0.717) is 25.8 Å². The van der Waals surface area contributed by atoms with Crippen molar-refractivity contribution in [3.63, 3.8) is 0 Å². The predicted octanol–water partition coefficient (Wildman–Crippen LogP) is 4.55. The summed E-state index contributed by atoms with van der Waals surface area (Å²) in [4.78, 5) is 39.2. The van der Waals surface area contributed by atoms with Crippen LogP contribution >= 0.6 is 0 Å². The maximum atomic E-state index is 13.3. The van der Waals surface area contributed by atoms with Crippen LogP contribution in [-0.2, 0) is 14.3 Å². The molecule has 34 heavy (non-hydrogen) atoms. The SMILES string of the molecule is CCC[C@@H](NC(=O)OCC1c2ccccc2-c2ccccc21)C(=O)N1CCCCCC1C(=O)O. The molecule has 2 aliphatic rings. The van der Waals surface area contributed by atoms with Gasteiger partial charge in [-0.1, -0.05) is 74.7 Å². The molecule has 4 rings (SSSR count). The summed E-state index contributed by atoms with van der Waals surface area (Å²) in [5, 5.41) is 12.4. The van der Waals surface area contributed by atoms with Crippen LogP contribution < -0.4 is 5.32 Å². The number of hydrogen-bond acceptors (Lipinski definition) is 4. The zero-order valence-electron chi connectivity index (χ0n) is 19.5. The molecule has 1 saturated heterocycles. The number of rotatable bonds is 7. The number of ether oxygens (including phenoxy) is 1. The van der Waals surface area contributed by atoms with Crippen molar-refractivity contribution >= 4 is 18.0 Å². The van der Waals surface area contributed by atoms with Crippen LogP contribution in [0.25, 0.3) is 11.1 Å². The predicted molar refractivity (Wildman–Crippen MR) is 129 cm³/mol. The molecule has 180 valence electrons. The number of carboxylic acids is 1. The van der Waals surface area contributed by atoms with Gasteiger partial charge in [0, 0.05) is 12.5 Å². The minimum Gasteiger partial charge on any atom is -0.480 e. The first-order chi connectivity index (χ1) is 16.5. The second-order valence-corrected chi connectivity index (χ2v) is 9.05. The topological polar surface area (TPSA) is 95.9 Å². The average Bonchev–Trinajstić information content (AvgIpc) is 2.97. The number of nitrogens with one attached hydrogen (secondary N) is 1. The van der Waals surface area contributed by atoms with Crippen LogP contribution in [0.2, 0.25) is 0 Å². The molecule has 1 aliphatic carbocycles. The molecule has 1 fully saturated rings. The lowest BCUT2D eigenvalue weighted by atomic mass is 9.98. The smallest absolute Gasteiger partial charge is 0.407 e. The largest absolute Gasteiger partial charge is 0.480 e. The highest BCUT2D eigenvalue weighted by atomic mass is 16.5. The van der Waals surface area contributed by atoms with E-state index in [1.807, 2.05) is 31.2 Å². The molecule has 1 aliphatic heterocycles. The Morgan fingerprint density at radius 1 is 1.03 bits per heavy atom. The molecule has 0 radical (unpaired) electrons. The molecular formula is C27H32N2O5. The van der Waals surface area contributed by atoms with Gasteiger partial charge < -0.3 is 20.1 Å². The van der Waals surface area contributed by atoms with E-state index < -0.39 is 24.1 Å². The Hall–Kier alpha value is -3.35. The zero-order chi connectivity index (χ0) is 24.1. The molecule has 1 heterocycles. The summed E-state index contributed by atoms with van der Waals surface area (Å²) in [7, 11) is 0. The van der Waals surface area contributed by atoms with Crippen LogP contribution in [0.3, 0.4) is 0 Å². The number of hydrogen-bond donors (Lipinski definition) is 2. The Labute approximate surface area is 200 Å². The number of carbonyl (C=O) groups is 3. The van der Waals surface area contributed by atoms with Crippen molar-refractivity contribution in [2.24, 2.45) is 0 Å². The number of benzene rings is 2. The van der Waals surface area contributed by atoms with Gasteiger partial charge in [0.1, 0.15) is 18.7 Å². The molecule has 7 nitrogen and oxygen atoms in total. The molecule has 0 saturated carbocycles. The third-order valence-corrected chi connectivity index (χ3v) is 6.83. The van der Waals surface area contributed by atoms with E-state index in [0.717, 1.165) is 41.5 Å². The lowest BCUT2D eigenvalue weighted by molar-refractivity contribution is -0.151. The molecular weight excluding hydrogens is 432 g/mol. The number of nitrogens with zero attached hydrogens (tertiary/aromatic N) is 1. The second-order valence-electron chi connectivity index (χ2n) is 9.05. The highest BCUT2D eigenvalue weighted by Crippen LogP contribution is 2.44. The summed E-state index contributed by atoms with van der Waals surface area (Å²) in [6.07, 6.45) is 3.31. The summed E-state index contributed by atoms with van der Waals surface area (Å²) in [6, 6.07) is 14.6. The van der Waals surface area contributed by atoms with Crippen molar-refractivity contribution in [3.8, 4) is 11.1 Å². The fraction of sp³-hybridized carbons (Fsp3) is 0.444. The summed E-state index contributed by atoms with van der Waals surface area (Å²) in [6.45, 7) is 2.48. The molecule has 2 amide bonds. The van der Waals surface area contributed by atoms with E-state index in [2.05, 4.69) is 29.6 Å². The first-order valence-electron chi connectivity index (χ1n) is 12.2. The fourth-order valence-electron chi connectivity index (χ4n) is 5.16. The van der Waals surface area contributed by atoms with Gasteiger partial charge in [0.2, 0.25) is 5.91 Å². The maximum absolute atomic E-state index is 13.3. The third kappa shape index (κ3) is 4.93. The Morgan fingerprint density at radius 3 is 2.29 bits per heavy atom. The monoisotopic (exact) mass is 464 g/mol. The van der Waals surface area contributed by atoms with Gasteiger partial charge in [-0.05, 0) is 41.5 Å². The summed E-state index contributed by atoms with van der Waals surface area (Å²) in [5.74, 6) is -1.41. The Morgan fingerprint density at radius 2 is 1.68 bits per heavy atom. The summed E-state index contributed by atoms with van der Waals surface area (Å²) in [5.41, 5.74) is 4.53. The number of carboxylic acid groups (broad SMARTS) is 1. The van der Waals surface area contributed by atoms with Crippen molar-refractivity contribution in [2.45, 2.75) is 63.5 Å². The van der Waals surface area contributed by atoms with Crippen molar-refractivity contribution in [3.05, 3.63) is 59.7 Å². The highest BCUT2D eigenvalue weighted by Gasteiger charge is 2.35. The summed E-state index contributed by atoms with van der Waals surface area (Å²) >= 11 is 0. The van der Waals surface area contributed by atoms with Gasteiger partial charge in [0.05, 0.1) is 0 Å². The van der Waals surface area contributed by atoms with Gasteiger partial charge in [-0.25, -0.2) is 9.59 Å². The minimum atomic E-state index is -0.994. The molecule has 2 atom stereocenters. The normalized spacial score (nSPS) is 18.4. The number of aliphatic carboxylic acids is 1. The van der Waals surface area contributed by atoms with E-state index >= 15 is 0 Å². The maximum Gasteiger partial charge on any atom is 0.407 e. The van der Waals surface area contributed by atoms with Crippen molar-refractivity contribution < 1.29 is 24.2 Å². The lowest BCUT2D eigenvalue weighted by Crippen LogP contribution is -2.53. The van der Waals surface area contributed by atoms with Gasteiger partial charge in [0.25, 0.3) is 0 Å². The third-order valence-electron chi connectivity index (χ3n) is 6.83. The van der Waals surface area contributed by atoms with Crippen LogP contribution in [0.1, 0.15) is 62.5 Å². The zero-order valence-corrected chi connectivity index (χ0v) is 19.5. The van der Waals surface area contributed by atoms with E-state index in [1.165, 1.54) is 4.90 Å². The Bertz CT molecular complexity index is 1010. The van der Waals surface area contributed by atoms with Crippen molar-refractivity contribution in [2.75, 3.05) is 13.2 Å². The van der Waals surface area contributed by atoms with Crippen LogP contribution in [-0.4, -0.2) is 53.2 Å². The molecule has 2 N–H and O–H groups in total.